The summed E-state index contributed by atoms with van der Waals surface area (Å²) in [4.78, 5) is 12.0. The summed E-state index contributed by atoms with van der Waals surface area (Å²) in [6.45, 7) is 5.30. The molecular formula is C22H26N4O2S. The van der Waals surface area contributed by atoms with Crippen molar-refractivity contribution in [1.82, 2.24) is 20.1 Å². The minimum atomic E-state index is 0.00250. The van der Waals surface area contributed by atoms with Crippen LogP contribution in [0.2, 0.25) is 0 Å². The van der Waals surface area contributed by atoms with Crippen molar-refractivity contribution in [1.29, 1.82) is 0 Å². The molecule has 1 aromatic heterocycles. The molecule has 7 heteroatoms. The van der Waals surface area contributed by atoms with E-state index in [0.29, 0.717) is 30.5 Å². The van der Waals surface area contributed by atoms with Gasteiger partial charge < -0.3 is 10.1 Å². The maximum atomic E-state index is 12.0. The number of carbonyl (C=O) groups excluding carboxylic acids is 1. The molecule has 29 heavy (non-hydrogen) atoms. The fourth-order valence-electron chi connectivity index (χ4n) is 2.85. The zero-order valence-electron chi connectivity index (χ0n) is 16.8. The van der Waals surface area contributed by atoms with Crippen molar-refractivity contribution in [2.75, 3.05) is 18.9 Å². The minimum absolute atomic E-state index is 0.00250. The number of ether oxygens (including phenoxy) is 1. The molecular weight excluding hydrogens is 384 g/mol. The molecule has 1 N–H and O–H groups in total. The second-order valence-electron chi connectivity index (χ2n) is 6.46. The third kappa shape index (κ3) is 5.84. The molecule has 0 aliphatic rings. The summed E-state index contributed by atoms with van der Waals surface area (Å²) in [5.41, 5.74) is 2.10. The lowest BCUT2D eigenvalue weighted by Crippen LogP contribution is -2.25. The number of amides is 1. The van der Waals surface area contributed by atoms with Crippen LogP contribution in [0.25, 0.3) is 5.69 Å². The normalized spacial score (nSPS) is 10.7. The Labute approximate surface area is 175 Å². The summed E-state index contributed by atoms with van der Waals surface area (Å²) in [5.74, 6) is 1.96. The molecule has 0 saturated carbocycles. The molecule has 0 spiro atoms. The van der Waals surface area contributed by atoms with E-state index in [-0.39, 0.29) is 5.91 Å². The van der Waals surface area contributed by atoms with Crippen LogP contribution in [0.15, 0.2) is 59.8 Å². The van der Waals surface area contributed by atoms with Crippen molar-refractivity contribution >= 4 is 17.7 Å². The van der Waals surface area contributed by atoms with Gasteiger partial charge in [0.1, 0.15) is 11.6 Å². The van der Waals surface area contributed by atoms with Crippen LogP contribution in [0.5, 0.6) is 5.75 Å². The predicted molar refractivity (Wildman–Crippen MR) is 116 cm³/mol. The van der Waals surface area contributed by atoms with Gasteiger partial charge in [-0.15, -0.1) is 10.2 Å². The minimum Gasteiger partial charge on any atom is -0.494 e. The number of rotatable bonds is 10. The molecule has 1 amide bonds. The van der Waals surface area contributed by atoms with Gasteiger partial charge in [0.05, 0.1) is 12.4 Å². The lowest BCUT2D eigenvalue weighted by atomic mass is 10.1. The maximum absolute atomic E-state index is 12.0. The molecule has 0 aliphatic heterocycles. The number of benzene rings is 2. The summed E-state index contributed by atoms with van der Waals surface area (Å²) in [6.07, 6.45) is 1.57. The van der Waals surface area contributed by atoms with Crippen LogP contribution in [0, 0.1) is 0 Å². The van der Waals surface area contributed by atoms with Crippen LogP contribution < -0.4 is 10.1 Å². The van der Waals surface area contributed by atoms with E-state index in [1.165, 1.54) is 11.8 Å². The number of aromatic nitrogens is 3. The smallest absolute Gasteiger partial charge is 0.230 e. The molecule has 3 aromatic rings. The fourth-order valence-corrected chi connectivity index (χ4v) is 3.65. The van der Waals surface area contributed by atoms with Crippen molar-refractivity contribution in [3.05, 3.63) is 66.0 Å². The Morgan fingerprint density at radius 2 is 1.83 bits per heavy atom. The maximum Gasteiger partial charge on any atom is 0.230 e. The molecule has 0 radical (unpaired) electrons. The van der Waals surface area contributed by atoms with E-state index in [1.807, 2.05) is 60.9 Å². The number of hydrogen-bond acceptors (Lipinski definition) is 5. The number of nitrogens with zero attached hydrogens (tertiary/aromatic N) is 3. The third-order valence-electron chi connectivity index (χ3n) is 4.22. The predicted octanol–water partition coefficient (Wildman–Crippen LogP) is 3.88. The highest BCUT2D eigenvalue weighted by Gasteiger charge is 2.16. The van der Waals surface area contributed by atoms with Gasteiger partial charge in [-0.1, -0.05) is 49.0 Å². The van der Waals surface area contributed by atoms with Gasteiger partial charge in [-0.25, -0.2) is 0 Å². The number of nitrogens with one attached hydrogen (secondary N) is 1. The molecule has 1 heterocycles. The number of thioether (sulfide) groups is 1. The van der Waals surface area contributed by atoms with Gasteiger partial charge in [0.2, 0.25) is 5.91 Å². The second-order valence-corrected chi connectivity index (χ2v) is 7.40. The van der Waals surface area contributed by atoms with E-state index in [0.717, 1.165) is 29.2 Å². The molecule has 6 nitrogen and oxygen atoms in total. The molecule has 0 atom stereocenters. The van der Waals surface area contributed by atoms with Crippen molar-refractivity contribution in [2.45, 2.75) is 31.8 Å². The van der Waals surface area contributed by atoms with Gasteiger partial charge in [0.15, 0.2) is 5.16 Å². The second kappa shape index (κ2) is 10.7. The quantitative estimate of drug-likeness (QED) is 0.514. The molecule has 0 bridgehead atoms. The summed E-state index contributed by atoms with van der Waals surface area (Å²) >= 11 is 1.39. The van der Waals surface area contributed by atoms with E-state index >= 15 is 0 Å². The molecule has 3 rings (SSSR count). The molecule has 0 fully saturated rings. The van der Waals surface area contributed by atoms with E-state index in [2.05, 4.69) is 27.6 Å². The Hall–Kier alpha value is -2.80. The van der Waals surface area contributed by atoms with Crippen LogP contribution in [-0.4, -0.2) is 39.6 Å². The van der Waals surface area contributed by atoms with Gasteiger partial charge in [0, 0.05) is 18.7 Å². The first-order valence-electron chi connectivity index (χ1n) is 9.82. The van der Waals surface area contributed by atoms with Gasteiger partial charge >= 0.3 is 0 Å². The Morgan fingerprint density at radius 3 is 2.52 bits per heavy atom. The van der Waals surface area contributed by atoms with Crippen LogP contribution in [0.3, 0.4) is 0 Å². The first-order valence-corrected chi connectivity index (χ1v) is 10.8. The van der Waals surface area contributed by atoms with Crippen molar-refractivity contribution in [2.24, 2.45) is 0 Å². The van der Waals surface area contributed by atoms with Crippen LogP contribution in [0.4, 0.5) is 0 Å². The van der Waals surface area contributed by atoms with E-state index in [4.69, 9.17) is 4.74 Å². The third-order valence-corrected chi connectivity index (χ3v) is 5.14. The van der Waals surface area contributed by atoms with Crippen molar-refractivity contribution in [3.63, 3.8) is 0 Å². The Kier molecular flexibility index (Phi) is 7.69. The van der Waals surface area contributed by atoms with Gasteiger partial charge in [-0.05, 0) is 43.2 Å². The zero-order valence-corrected chi connectivity index (χ0v) is 17.6. The Bertz CT molecular complexity index is 910. The average Bonchev–Trinajstić information content (AvgIpc) is 3.14. The van der Waals surface area contributed by atoms with Crippen LogP contribution >= 0.6 is 11.8 Å². The van der Waals surface area contributed by atoms with Crippen LogP contribution in [0.1, 0.15) is 31.7 Å². The average molecular weight is 411 g/mol. The first-order chi connectivity index (χ1) is 14.2. The lowest BCUT2D eigenvalue weighted by molar-refractivity contribution is -0.118. The largest absolute Gasteiger partial charge is 0.494 e. The molecule has 152 valence electrons. The topological polar surface area (TPSA) is 69.0 Å². The summed E-state index contributed by atoms with van der Waals surface area (Å²) < 4.78 is 7.57. The van der Waals surface area contributed by atoms with Gasteiger partial charge in [-0.2, -0.15) is 0 Å². The van der Waals surface area contributed by atoms with E-state index in [1.54, 1.807) is 0 Å². The Balaban J connectivity index is 1.86. The van der Waals surface area contributed by atoms with Gasteiger partial charge in [0.25, 0.3) is 0 Å². The molecule has 0 unspecified atom stereocenters. The summed E-state index contributed by atoms with van der Waals surface area (Å²) in [7, 11) is 0. The SMILES string of the molecule is CCCNC(=O)CSc1nnc(Cc2ccccc2)n1-c1ccc(OCC)cc1. The first kappa shape index (κ1) is 20.9. The number of carbonyl (C=O) groups is 1. The fraction of sp³-hybridized carbons (Fsp3) is 0.318. The van der Waals surface area contributed by atoms with Crippen LogP contribution in [-0.2, 0) is 11.2 Å². The van der Waals surface area contributed by atoms with E-state index < -0.39 is 0 Å². The van der Waals surface area contributed by atoms with Crippen molar-refractivity contribution in [3.8, 4) is 11.4 Å². The van der Waals surface area contributed by atoms with E-state index in [9.17, 15) is 4.79 Å². The zero-order chi connectivity index (χ0) is 20.5. The molecule has 2 aromatic carbocycles. The monoisotopic (exact) mass is 410 g/mol. The summed E-state index contributed by atoms with van der Waals surface area (Å²) in [6, 6.07) is 18.0. The highest BCUT2D eigenvalue weighted by molar-refractivity contribution is 7.99. The number of hydrogen-bond donors (Lipinski definition) is 1. The lowest BCUT2D eigenvalue weighted by Gasteiger charge is -2.11. The highest BCUT2D eigenvalue weighted by Crippen LogP contribution is 2.25. The van der Waals surface area contributed by atoms with Crippen molar-refractivity contribution < 1.29 is 9.53 Å². The molecule has 0 saturated heterocycles. The summed E-state index contributed by atoms with van der Waals surface area (Å²) in [5, 5.41) is 12.4. The highest BCUT2D eigenvalue weighted by atomic mass is 32.2. The Morgan fingerprint density at radius 1 is 1.07 bits per heavy atom. The van der Waals surface area contributed by atoms with Gasteiger partial charge in [-0.3, -0.25) is 9.36 Å². The molecule has 0 aliphatic carbocycles. The standard InChI is InChI=1S/C22H26N4O2S/c1-3-14-23-21(27)16-29-22-25-24-20(15-17-8-6-5-7-9-17)26(22)18-10-12-19(13-11-18)28-4-2/h5-13H,3-4,14-16H2,1-2H3,(H,23,27).